The number of hydrogen-bond acceptors (Lipinski definition) is 2. The molecule has 1 heterocycles. The summed E-state index contributed by atoms with van der Waals surface area (Å²) in [6.45, 7) is 0.608. The summed E-state index contributed by atoms with van der Waals surface area (Å²) in [4.78, 5) is 24.3. The maximum absolute atomic E-state index is 11.8. The number of nitrogens with one attached hydrogen (secondary N) is 1. The van der Waals surface area contributed by atoms with E-state index in [-0.39, 0.29) is 37.1 Å². The zero-order valence-corrected chi connectivity index (χ0v) is 10.2. The molecule has 0 aromatic heterocycles. The van der Waals surface area contributed by atoms with Crippen LogP contribution in [0.4, 0.5) is 13.2 Å². The molecule has 0 bridgehead atoms. The van der Waals surface area contributed by atoms with Crippen LogP contribution in [0.15, 0.2) is 0 Å². The van der Waals surface area contributed by atoms with Crippen molar-refractivity contribution < 1.29 is 22.8 Å². The Morgan fingerprint density at radius 3 is 2.61 bits per heavy atom. The van der Waals surface area contributed by atoms with Gasteiger partial charge in [0.15, 0.2) is 0 Å². The number of unbranched alkanes of at least 4 members (excludes halogenated alkanes) is 1. The third-order valence-corrected chi connectivity index (χ3v) is 2.90. The molecule has 2 amide bonds. The summed E-state index contributed by atoms with van der Waals surface area (Å²) in [5.74, 6) is -0.697. The van der Waals surface area contributed by atoms with Gasteiger partial charge in [0.2, 0.25) is 11.8 Å². The number of hydrogen-bond donors (Lipinski definition) is 1. The van der Waals surface area contributed by atoms with Gasteiger partial charge >= 0.3 is 6.18 Å². The molecule has 0 aromatic carbocycles. The van der Waals surface area contributed by atoms with Gasteiger partial charge in [-0.25, -0.2) is 0 Å². The van der Waals surface area contributed by atoms with Crippen LogP contribution in [0.5, 0.6) is 0 Å². The highest BCUT2D eigenvalue weighted by molar-refractivity contribution is 5.89. The van der Waals surface area contributed by atoms with Crippen LogP contribution in [-0.4, -0.2) is 43.0 Å². The summed E-state index contributed by atoms with van der Waals surface area (Å²) in [7, 11) is 1.62. The first-order valence-corrected chi connectivity index (χ1v) is 5.88. The predicted octanol–water partition coefficient (Wildman–Crippen LogP) is 1.31. The van der Waals surface area contributed by atoms with E-state index in [2.05, 4.69) is 5.32 Å². The normalized spacial score (nSPS) is 20.3. The second-order valence-corrected chi connectivity index (χ2v) is 4.54. The first-order valence-electron chi connectivity index (χ1n) is 5.88. The maximum Gasteiger partial charge on any atom is 0.389 e. The number of likely N-dealkylation sites (tertiary alicyclic amines) is 1. The molecule has 0 spiro atoms. The fourth-order valence-corrected chi connectivity index (χ4v) is 1.85. The van der Waals surface area contributed by atoms with E-state index in [1.165, 1.54) is 4.90 Å². The van der Waals surface area contributed by atoms with Gasteiger partial charge in [-0.15, -0.1) is 0 Å². The highest BCUT2D eigenvalue weighted by atomic mass is 19.4. The fourth-order valence-electron chi connectivity index (χ4n) is 1.85. The lowest BCUT2D eigenvalue weighted by Gasteiger charge is -2.11. The molecule has 0 radical (unpaired) electrons. The Morgan fingerprint density at radius 2 is 2.11 bits per heavy atom. The van der Waals surface area contributed by atoms with Crippen molar-refractivity contribution >= 4 is 11.8 Å². The number of carbonyl (C=O) groups excluding carboxylic acids is 2. The number of amides is 2. The van der Waals surface area contributed by atoms with Crippen molar-refractivity contribution in [3.63, 3.8) is 0 Å². The molecule has 104 valence electrons. The average molecular weight is 266 g/mol. The molecule has 0 saturated carbocycles. The first kappa shape index (κ1) is 14.8. The highest BCUT2D eigenvalue weighted by Gasteiger charge is 2.31. The standard InChI is InChI=1S/C11H17F3N2O2/c1-16-7-8(6-9(16)17)10(18)15-5-3-2-4-11(12,13)14/h8H,2-7H2,1H3,(H,15,18). The lowest BCUT2D eigenvalue weighted by Crippen LogP contribution is -2.32. The molecular formula is C11H17F3N2O2. The van der Waals surface area contributed by atoms with Gasteiger partial charge in [0, 0.05) is 33.0 Å². The molecule has 4 nitrogen and oxygen atoms in total. The zero-order valence-electron chi connectivity index (χ0n) is 10.2. The van der Waals surface area contributed by atoms with Gasteiger partial charge < -0.3 is 10.2 Å². The Labute approximate surface area is 104 Å². The Hall–Kier alpha value is -1.27. The third-order valence-electron chi connectivity index (χ3n) is 2.90. The number of rotatable bonds is 5. The lowest BCUT2D eigenvalue weighted by molar-refractivity contribution is -0.135. The van der Waals surface area contributed by atoms with Crippen molar-refractivity contribution in [1.82, 2.24) is 10.2 Å². The van der Waals surface area contributed by atoms with Crippen LogP contribution in [0.25, 0.3) is 0 Å². The van der Waals surface area contributed by atoms with E-state index < -0.39 is 12.6 Å². The lowest BCUT2D eigenvalue weighted by atomic mass is 10.1. The van der Waals surface area contributed by atoms with E-state index in [0.29, 0.717) is 13.0 Å². The number of halogens is 3. The molecule has 1 fully saturated rings. The van der Waals surface area contributed by atoms with E-state index in [0.717, 1.165) is 0 Å². The predicted molar refractivity (Wildman–Crippen MR) is 58.7 cm³/mol. The Morgan fingerprint density at radius 1 is 1.44 bits per heavy atom. The number of carbonyl (C=O) groups is 2. The smallest absolute Gasteiger partial charge is 0.356 e. The molecular weight excluding hydrogens is 249 g/mol. The molecule has 0 aliphatic carbocycles. The van der Waals surface area contributed by atoms with Crippen LogP contribution in [-0.2, 0) is 9.59 Å². The minimum atomic E-state index is -4.13. The van der Waals surface area contributed by atoms with Gasteiger partial charge in [-0.05, 0) is 12.8 Å². The van der Waals surface area contributed by atoms with Crippen LogP contribution >= 0.6 is 0 Å². The quantitative estimate of drug-likeness (QED) is 0.763. The van der Waals surface area contributed by atoms with E-state index in [1.807, 2.05) is 0 Å². The summed E-state index contributed by atoms with van der Waals surface area (Å²) >= 11 is 0. The van der Waals surface area contributed by atoms with E-state index in [1.54, 1.807) is 7.05 Å². The first-order chi connectivity index (χ1) is 8.29. The van der Waals surface area contributed by atoms with Crippen LogP contribution < -0.4 is 5.32 Å². The molecule has 1 saturated heterocycles. The number of nitrogens with zero attached hydrogens (tertiary/aromatic N) is 1. The van der Waals surface area contributed by atoms with Crippen LogP contribution in [0.3, 0.4) is 0 Å². The van der Waals surface area contributed by atoms with Crippen molar-refractivity contribution in [2.75, 3.05) is 20.1 Å². The minimum absolute atomic E-state index is 0.00722. The summed E-state index contributed by atoms with van der Waals surface area (Å²) in [6.07, 6.45) is -4.47. The van der Waals surface area contributed by atoms with E-state index in [9.17, 15) is 22.8 Å². The van der Waals surface area contributed by atoms with Crippen LogP contribution in [0.1, 0.15) is 25.7 Å². The van der Waals surface area contributed by atoms with Gasteiger partial charge in [0.05, 0.1) is 5.92 Å². The molecule has 1 aliphatic heterocycles. The van der Waals surface area contributed by atoms with Crippen molar-refractivity contribution in [2.45, 2.75) is 31.9 Å². The molecule has 1 aliphatic rings. The molecule has 1 N–H and O–H groups in total. The Kier molecular flexibility index (Phi) is 4.98. The SMILES string of the molecule is CN1CC(C(=O)NCCCCC(F)(F)F)CC1=O. The van der Waals surface area contributed by atoms with Crippen LogP contribution in [0.2, 0.25) is 0 Å². The largest absolute Gasteiger partial charge is 0.389 e. The van der Waals surface area contributed by atoms with Gasteiger partial charge in [0.1, 0.15) is 0 Å². The third kappa shape index (κ3) is 4.93. The highest BCUT2D eigenvalue weighted by Crippen LogP contribution is 2.22. The van der Waals surface area contributed by atoms with Gasteiger partial charge in [-0.3, -0.25) is 9.59 Å². The Bertz CT molecular complexity index is 318. The van der Waals surface area contributed by atoms with Crippen molar-refractivity contribution in [3.05, 3.63) is 0 Å². The summed E-state index contributed by atoms with van der Waals surface area (Å²) in [6, 6.07) is 0. The maximum atomic E-state index is 11.8. The molecule has 0 aromatic rings. The fraction of sp³-hybridized carbons (Fsp3) is 0.818. The molecule has 1 atom stereocenters. The second-order valence-electron chi connectivity index (χ2n) is 4.54. The Balaban J connectivity index is 2.13. The van der Waals surface area contributed by atoms with Gasteiger partial charge in [0.25, 0.3) is 0 Å². The summed E-state index contributed by atoms with van der Waals surface area (Å²) in [5, 5.41) is 2.57. The molecule has 18 heavy (non-hydrogen) atoms. The van der Waals surface area contributed by atoms with Gasteiger partial charge in [-0.1, -0.05) is 0 Å². The molecule has 1 rings (SSSR count). The average Bonchev–Trinajstić information content (AvgIpc) is 2.57. The zero-order chi connectivity index (χ0) is 13.8. The topological polar surface area (TPSA) is 49.4 Å². The van der Waals surface area contributed by atoms with Crippen molar-refractivity contribution in [1.29, 1.82) is 0 Å². The second kappa shape index (κ2) is 6.06. The summed E-state index contributed by atoms with van der Waals surface area (Å²) < 4.78 is 35.5. The monoisotopic (exact) mass is 266 g/mol. The van der Waals surface area contributed by atoms with Crippen molar-refractivity contribution in [3.8, 4) is 0 Å². The number of alkyl halides is 3. The molecule has 1 unspecified atom stereocenters. The molecule has 7 heteroatoms. The van der Waals surface area contributed by atoms with E-state index >= 15 is 0 Å². The minimum Gasteiger partial charge on any atom is -0.356 e. The van der Waals surface area contributed by atoms with E-state index in [4.69, 9.17) is 0 Å². The van der Waals surface area contributed by atoms with Gasteiger partial charge in [-0.2, -0.15) is 13.2 Å². The van der Waals surface area contributed by atoms with Crippen LogP contribution in [0, 0.1) is 5.92 Å². The van der Waals surface area contributed by atoms with Crippen molar-refractivity contribution in [2.24, 2.45) is 5.92 Å². The summed E-state index contributed by atoms with van der Waals surface area (Å²) in [5.41, 5.74) is 0.